The number of para-hydroxylation sites is 1. The third-order valence-corrected chi connectivity index (χ3v) is 7.71. The van der Waals surface area contributed by atoms with Crippen molar-refractivity contribution in [2.24, 2.45) is 0 Å². The minimum atomic E-state index is -4.09. The lowest BCUT2D eigenvalue weighted by molar-refractivity contribution is 0.102. The highest BCUT2D eigenvalue weighted by Crippen LogP contribution is 2.32. The summed E-state index contributed by atoms with van der Waals surface area (Å²) in [5.74, 6) is -0.294. The van der Waals surface area contributed by atoms with Crippen LogP contribution in [0.4, 0.5) is 15.8 Å². The summed E-state index contributed by atoms with van der Waals surface area (Å²) >= 11 is 15.4. The third kappa shape index (κ3) is 6.42. The first-order chi connectivity index (χ1) is 17.5. The topological polar surface area (TPSA) is 84.5 Å². The number of halogens is 4. The van der Waals surface area contributed by atoms with Crippen molar-refractivity contribution in [2.45, 2.75) is 11.8 Å². The lowest BCUT2D eigenvalue weighted by Crippen LogP contribution is -2.19. The van der Waals surface area contributed by atoms with Gasteiger partial charge in [-0.05, 0) is 95.1 Å². The number of nitrogens with one attached hydrogen (secondary N) is 2. The molecule has 37 heavy (non-hydrogen) atoms. The number of ether oxygens (including phenoxy) is 1. The molecule has 0 atom stereocenters. The van der Waals surface area contributed by atoms with Crippen LogP contribution in [0.25, 0.3) is 0 Å². The largest absolute Gasteiger partial charge is 0.456 e. The summed E-state index contributed by atoms with van der Waals surface area (Å²) in [6, 6.07) is 19.2. The van der Waals surface area contributed by atoms with Gasteiger partial charge in [-0.2, -0.15) is 0 Å². The Morgan fingerprint density at radius 3 is 2.35 bits per heavy atom. The number of hydrogen-bond donors (Lipinski definition) is 2. The average Bonchev–Trinajstić information content (AvgIpc) is 2.84. The van der Waals surface area contributed by atoms with Crippen molar-refractivity contribution in [1.82, 2.24) is 0 Å². The van der Waals surface area contributed by atoms with Gasteiger partial charge in [0.15, 0.2) is 0 Å². The van der Waals surface area contributed by atoms with E-state index >= 15 is 0 Å². The van der Waals surface area contributed by atoms with E-state index in [0.717, 1.165) is 0 Å². The molecule has 0 aliphatic rings. The van der Waals surface area contributed by atoms with Crippen molar-refractivity contribution >= 4 is 66.4 Å². The molecule has 0 saturated heterocycles. The molecule has 0 aliphatic carbocycles. The molecule has 4 aromatic carbocycles. The first kappa shape index (κ1) is 26.9. The quantitative estimate of drug-likeness (QED) is 0.218. The fraction of sp³-hybridized carbons (Fsp3) is 0.0385. The molecule has 0 saturated carbocycles. The van der Waals surface area contributed by atoms with Crippen LogP contribution in [0.1, 0.15) is 15.9 Å². The van der Waals surface area contributed by atoms with Gasteiger partial charge < -0.3 is 10.1 Å². The first-order valence-electron chi connectivity index (χ1n) is 10.7. The van der Waals surface area contributed by atoms with Gasteiger partial charge in [-0.3, -0.25) is 9.52 Å². The predicted molar refractivity (Wildman–Crippen MR) is 147 cm³/mol. The van der Waals surface area contributed by atoms with Gasteiger partial charge in [-0.15, -0.1) is 0 Å². The molecule has 1 amide bonds. The zero-order valence-corrected chi connectivity index (χ0v) is 23.0. The maximum atomic E-state index is 13.6. The van der Waals surface area contributed by atoms with Crippen molar-refractivity contribution in [3.8, 4) is 11.5 Å². The van der Waals surface area contributed by atoms with Crippen LogP contribution in [0.2, 0.25) is 10.0 Å². The van der Waals surface area contributed by atoms with Gasteiger partial charge in [0.1, 0.15) is 17.3 Å². The van der Waals surface area contributed by atoms with Crippen LogP contribution < -0.4 is 14.8 Å². The summed E-state index contributed by atoms with van der Waals surface area (Å²) in [5, 5.41) is 3.32. The summed E-state index contributed by atoms with van der Waals surface area (Å²) in [6.07, 6.45) is 0. The SMILES string of the molecule is Cc1cc(F)cc(Br)c1NC(=O)c1cc(Cl)ccc1NS(=O)(=O)c1ccc(Oc2ccccc2Cl)cc1. The Bertz CT molecular complexity index is 1580. The van der Waals surface area contributed by atoms with E-state index in [1.54, 1.807) is 31.2 Å². The van der Waals surface area contributed by atoms with Gasteiger partial charge in [0.2, 0.25) is 0 Å². The zero-order chi connectivity index (χ0) is 26.7. The number of carbonyl (C=O) groups is 1. The molecule has 0 fully saturated rings. The summed E-state index contributed by atoms with van der Waals surface area (Å²) in [7, 11) is -4.09. The standard InChI is InChI=1S/C26H18BrCl2FN2O4S/c1-15-12-17(30)14-21(27)25(15)31-26(33)20-13-16(28)6-11-23(20)32-37(34,35)19-9-7-18(8-10-19)36-24-5-3-2-4-22(24)29/h2-14,32H,1H3,(H,31,33). The molecular weight excluding hydrogens is 606 g/mol. The monoisotopic (exact) mass is 622 g/mol. The number of rotatable bonds is 7. The highest BCUT2D eigenvalue weighted by molar-refractivity contribution is 9.10. The Labute approximate surface area is 231 Å². The number of anilines is 2. The number of benzene rings is 4. The summed E-state index contributed by atoms with van der Waals surface area (Å²) < 4.78 is 48.3. The van der Waals surface area contributed by atoms with Gasteiger partial charge in [0.25, 0.3) is 15.9 Å². The van der Waals surface area contributed by atoms with Gasteiger partial charge in [0.05, 0.1) is 26.9 Å². The molecule has 0 radical (unpaired) electrons. The second kappa shape index (κ2) is 11.1. The molecule has 6 nitrogen and oxygen atoms in total. The Morgan fingerprint density at radius 1 is 0.973 bits per heavy atom. The van der Waals surface area contributed by atoms with Crippen LogP contribution in [-0.4, -0.2) is 14.3 Å². The smallest absolute Gasteiger partial charge is 0.261 e. The summed E-state index contributed by atoms with van der Waals surface area (Å²) in [4.78, 5) is 13.0. The molecule has 4 rings (SSSR count). The molecule has 190 valence electrons. The Hall–Kier alpha value is -3.11. The minimum Gasteiger partial charge on any atom is -0.456 e. The van der Waals surface area contributed by atoms with Crippen molar-refractivity contribution in [2.75, 3.05) is 10.0 Å². The lowest BCUT2D eigenvalue weighted by atomic mass is 10.1. The van der Waals surface area contributed by atoms with E-state index in [1.165, 1.54) is 54.6 Å². The van der Waals surface area contributed by atoms with Gasteiger partial charge in [-0.25, -0.2) is 12.8 Å². The molecule has 0 unspecified atom stereocenters. The third-order valence-electron chi connectivity index (χ3n) is 5.16. The molecule has 0 spiro atoms. The average molecular weight is 624 g/mol. The lowest BCUT2D eigenvalue weighted by Gasteiger charge is -2.15. The van der Waals surface area contributed by atoms with Gasteiger partial charge in [0, 0.05) is 9.50 Å². The Balaban J connectivity index is 1.57. The van der Waals surface area contributed by atoms with Gasteiger partial charge in [-0.1, -0.05) is 35.3 Å². The molecule has 2 N–H and O–H groups in total. The van der Waals surface area contributed by atoms with Crippen molar-refractivity contribution in [3.63, 3.8) is 0 Å². The van der Waals surface area contributed by atoms with Crippen LogP contribution in [0, 0.1) is 12.7 Å². The predicted octanol–water partition coefficient (Wildman–Crippen LogP) is 8.05. The van der Waals surface area contributed by atoms with Crippen molar-refractivity contribution in [3.05, 3.63) is 110 Å². The number of carbonyl (C=O) groups excluding carboxylic acids is 1. The van der Waals surface area contributed by atoms with E-state index in [1.807, 2.05) is 0 Å². The van der Waals surface area contributed by atoms with Crippen LogP contribution >= 0.6 is 39.1 Å². The van der Waals surface area contributed by atoms with Crippen LogP contribution in [-0.2, 0) is 10.0 Å². The maximum absolute atomic E-state index is 13.6. The number of amides is 1. The fourth-order valence-corrected chi connectivity index (χ4v) is 5.44. The van der Waals surface area contributed by atoms with E-state index in [-0.39, 0.29) is 21.2 Å². The molecule has 0 heterocycles. The van der Waals surface area contributed by atoms with E-state index in [9.17, 15) is 17.6 Å². The second-order valence-corrected chi connectivity index (χ2v) is 11.2. The van der Waals surface area contributed by atoms with Crippen LogP contribution in [0.3, 0.4) is 0 Å². The van der Waals surface area contributed by atoms with E-state index in [4.69, 9.17) is 27.9 Å². The molecule has 11 heteroatoms. The Kier molecular flexibility index (Phi) is 8.08. The van der Waals surface area contributed by atoms with Crippen molar-refractivity contribution < 1.29 is 22.3 Å². The maximum Gasteiger partial charge on any atom is 0.261 e. The molecule has 0 aromatic heterocycles. The van der Waals surface area contributed by atoms with E-state index < -0.39 is 21.7 Å². The van der Waals surface area contributed by atoms with Gasteiger partial charge >= 0.3 is 0 Å². The summed E-state index contributed by atoms with van der Waals surface area (Å²) in [6.45, 7) is 1.63. The van der Waals surface area contributed by atoms with E-state index in [2.05, 4.69) is 26.0 Å². The molecule has 4 aromatic rings. The number of hydrogen-bond acceptors (Lipinski definition) is 4. The van der Waals surface area contributed by atoms with E-state index in [0.29, 0.717) is 32.2 Å². The minimum absolute atomic E-state index is 0.00850. The fourth-order valence-electron chi connectivity index (χ4n) is 3.38. The normalized spacial score (nSPS) is 11.2. The zero-order valence-electron chi connectivity index (χ0n) is 19.1. The Morgan fingerprint density at radius 2 is 1.68 bits per heavy atom. The highest BCUT2D eigenvalue weighted by atomic mass is 79.9. The number of aryl methyl sites for hydroxylation is 1. The van der Waals surface area contributed by atoms with Crippen molar-refractivity contribution in [1.29, 1.82) is 0 Å². The molecule has 0 bridgehead atoms. The second-order valence-electron chi connectivity index (χ2n) is 7.83. The summed E-state index contributed by atoms with van der Waals surface area (Å²) in [5.41, 5.74) is 0.803. The number of sulfonamides is 1. The highest BCUT2D eigenvalue weighted by Gasteiger charge is 2.21. The molecular formula is C26H18BrCl2FN2O4S. The van der Waals surface area contributed by atoms with Crippen LogP contribution in [0.15, 0.2) is 88.2 Å². The first-order valence-corrected chi connectivity index (χ1v) is 13.7. The molecule has 0 aliphatic heterocycles. The van der Waals surface area contributed by atoms with Crippen LogP contribution in [0.5, 0.6) is 11.5 Å².